The number of nitrogens with one attached hydrogen (secondary N) is 1. The van der Waals surface area contributed by atoms with Crippen molar-refractivity contribution in [3.8, 4) is 12.0 Å². The Balaban J connectivity index is 1.48. The van der Waals surface area contributed by atoms with E-state index in [-0.39, 0.29) is 23.1 Å². The van der Waals surface area contributed by atoms with E-state index in [0.29, 0.717) is 6.42 Å². The summed E-state index contributed by atoms with van der Waals surface area (Å²) in [5, 5.41) is 3.18. The summed E-state index contributed by atoms with van der Waals surface area (Å²) >= 11 is 0. The number of rotatable bonds is 9. The molecule has 1 aromatic heterocycles. The molecule has 0 aliphatic heterocycles. The van der Waals surface area contributed by atoms with Crippen molar-refractivity contribution in [2.24, 2.45) is 0 Å². The molecule has 4 aromatic carbocycles. The first kappa shape index (κ1) is 30.4. The molecule has 0 spiro atoms. The van der Waals surface area contributed by atoms with E-state index in [2.05, 4.69) is 62.0 Å². The fraction of sp³-hybridized carbons (Fsp3) is 0.222. The molecule has 0 radical (unpaired) electrons. The average molecular weight is 607 g/mol. The molecule has 0 aliphatic rings. The highest BCUT2D eigenvalue weighted by atomic mass is 32.2. The zero-order valence-corrected chi connectivity index (χ0v) is 27.0. The van der Waals surface area contributed by atoms with Crippen molar-refractivity contribution >= 4 is 39.6 Å². The molecule has 220 valence electrons. The van der Waals surface area contributed by atoms with E-state index in [1.807, 2.05) is 85.9 Å². The molecule has 0 unspecified atom stereocenters. The summed E-state index contributed by atoms with van der Waals surface area (Å²) in [5.74, 6) is 3.11. The maximum absolute atomic E-state index is 13.8. The Kier molecular flexibility index (Phi) is 8.93. The van der Waals surface area contributed by atoms with E-state index in [0.717, 1.165) is 32.4 Å². The van der Waals surface area contributed by atoms with Crippen LogP contribution in [0.2, 0.25) is 5.04 Å². The average Bonchev–Trinajstić information content (AvgIpc) is 3.42. The minimum atomic E-state index is -3.87. The molecule has 5 nitrogen and oxygen atoms in total. The van der Waals surface area contributed by atoms with Crippen LogP contribution in [0, 0.1) is 18.9 Å². The Labute approximate surface area is 256 Å². The van der Waals surface area contributed by atoms with Gasteiger partial charge in [-0.15, -0.1) is 0 Å². The van der Waals surface area contributed by atoms with Gasteiger partial charge in [0.25, 0.3) is 18.3 Å². The number of hydrogen-bond acceptors (Lipinski definition) is 3. The number of sulfonamides is 1. The van der Waals surface area contributed by atoms with Crippen molar-refractivity contribution in [3.05, 3.63) is 127 Å². The van der Waals surface area contributed by atoms with Gasteiger partial charge in [0, 0.05) is 29.7 Å². The zero-order valence-electron chi connectivity index (χ0n) is 25.2. The van der Waals surface area contributed by atoms with Crippen LogP contribution in [0.3, 0.4) is 0 Å². The largest absolute Gasteiger partial charge is 0.396 e. The molecule has 0 saturated carbocycles. The van der Waals surface area contributed by atoms with Gasteiger partial charge in [0.2, 0.25) is 0 Å². The van der Waals surface area contributed by atoms with Gasteiger partial charge in [-0.1, -0.05) is 123 Å². The van der Waals surface area contributed by atoms with E-state index in [4.69, 9.17) is 4.43 Å². The number of para-hydroxylation sites is 1. The molecule has 5 rings (SSSR count). The Morgan fingerprint density at radius 2 is 1.40 bits per heavy atom. The normalized spacial score (nSPS) is 12.1. The first-order valence-corrected chi connectivity index (χ1v) is 17.9. The lowest BCUT2D eigenvalue weighted by atomic mass is 10.1. The predicted molar refractivity (Wildman–Crippen MR) is 178 cm³/mol. The van der Waals surface area contributed by atoms with Crippen molar-refractivity contribution in [1.29, 1.82) is 0 Å². The van der Waals surface area contributed by atoms with Crippen LogP contribution in [0.1, 0.15) is 31.9 Å². The summed E-state index contributed by atoms with van der Waals surface area (Å²) in [6.45, 7) is 8.88. The highest BCUT2D eigenvalue weighted by Gasteiger charge is 2.50. The van der Waals surface area contributed by atoms with Gasteiger partial charge < -0.3 is 9.41 Å². The minimum Gasteiger partial charge on any atom is -0.396 e. The summed E-state index contributed by atoms with van der Waals surface area (Å²) in [4.78, 5) is 3.50. The molecule has 0 aliphatic carbocycles. The lowest BCUT2D eigenvalue weighted by Gasteiger charge is -2.42. The van der Waals surface area contributed by atoms with Gasteiger partial charge in [0.15, 0.2) is 0 Å². The van der Waals surface area contributed by atoms with Crippen molar-refractivity contribution in [1.82, 2.24) is 9.29 Å². The first-order chi connectivity index (χ1) is 20.6. The van der Waals surface area contributed by atoms with Crippen LogP contribution >= 0.6 is 0 Å². The van der Waals surface area contributed by atoms with Crippen LogP contribution in [0.4, 0.5) is 0 Å². The monoisotopic (exact) mass is 606 g/mol. The van der Waals surface area contributed by atoms with E-state index in [1.54, 1.807) is 12.1 Å². The molecule has 7 heteroatoms. The summed E-state index contributed by atoms with van der Waals surface area (Å²) in [7, 11) is -6.67. The second kappa shape index (κ2) is 12.6. The maximum Gasteiger partial charge on any atom is 0.270 e. The molecule has 0 fully saturated rings. The Morgan fingerprint density at radius 1 is 0.814 bits per heavy atom. The lowest BCUT2D eigenvalue weighted by molar-refractivity contribution is 0.345. The molecule has 0 atom stereocenters. The molecule has 1 heterocycles. The molecular formula is C36H38N2O3SSi. The topological polar surface area (TPSA) is 62.4 Å². The third-order valence-electron chi connectivity index (χ3n) is 7.85. The van der Waals surface area contributed by atoms with Gasteiger partial charge in [-0.2, -0.15) is 0 Å². The molecule has 43 heavy (non-hydrogen) atoms. The number of fused-ring (bicyclic) bond motifs is 1. The SMILES string of the molecule is Cc1ccc(S(=O)(=O)N(C#CCO[Si](c2ccccc2)(c2ccccc2)C(C)(C)C)CCc2c[nH]c3ccccc23)cc1. The Hall–Kier alpha value is -4.09. The molecule has 1 N–H and O–H groups in total. The molecule has 5 aromatic rings. The summed E-state index contributed by atoms with van der Waals surface area (Å²) in [6.07, 6.45) is 2.46. The number of benzene rings is 4. The maximum atomic E-state index is 13.8. The van der Waals surface area contributed by atoms with E-state index in [1.165, 1.54) is 4.31 Å². The second-order valence-electron chi connectivity index (χ2n) is 11.7. The van der Waals surface area contributed by atoms with Gasteiger partial charge >= 0.3 is 0 Å². The number of aryl methyl sites for hydroxylation is 1. The fourth-order valence-electron chi connectivity index (χ4n) is 5.66. The standard InChI is InChI=1S/C36H38N2O3SSi/c1-29-20-22-31(23-21-29)42(39,40)38(26-24-30-28-37-35-19-12-11-18-34(30)35)25-13-27-41-43(36(2,3)4,32-14-7-5-8-15-32)33-16-9-6-10-17-33/h5-12,14-23,28,37H,24,26-27H2,1-4H3. The van der Waals surface area contributed by atoms with Gasteiger partial charge in [-0.05, 0) is 52.5 Å². The molecule has 0 bridgehead atoms. The fourth-order valence-corrected chi connectivity index (χ4v) is 11.4. The van der Waals surface area contributed by atoms with E-state index in [9.17, 15) is 8.42 Å². The van der Waals surface area contributed by atoms with Gasteiger partial charge in [0.05, 0.1) is 11.5 Å². The molecule has 0 saturated heterocycles. The highest BCUT2D eigenvalue weighted by Crippen LogP contribution is 2.36. The van der Waals surface area contributed by atoms with Crippen molar-refractivity contribution in [3.63, 3.8) is 0 Å². The predicted octanol–water partition coefficient (Wildman–Crippen LogP) is 6.25. The van der Waals surface area contributed by atoms with Crippen LogP contribution in [-0.2, 0) is 20.9 Å². The Bertz CT molecular complexity index is 1790. The van der Waals surface area contributed by atoms with Crippen molar-refractivity contribution < 1.29 is 12.8 Å². The zero-order chi connectivity index (χ0) is 30.5. The van der Waals surface area contributed by atoms with Crippen LogP contribution in [-0.4, -0.2) is 39.2 Å². The van der Waals surface area contributed by atoms with Crippen LogP contribution in [0.15, 0.2) is 120 Å². The first-order valence-electron chi connectivity index (χ1n) is 14.5. The van der Waals surface area contributed by atoms with Gasteiger partial charge in [0.1, 0.15) is 0 Å². The lowest BCUT2D eigenvalue weighted by Crippen LogP contribution is -2.66. The van der Waals surface area contributed by atoms with Crippen molar-refractivity contribution in [2.75, 3.05) is 13.2 Å². The minimum absolute atomic E-state index is 0.0975. The molecule has 0 amide bonds. The summed E-state index contributed by atoms with van der Waals surface area (Å²) in [5.41, 5.74) is 3.06. The van der Waals surface area contributed by atoms with Crippen LogP contribution < -0.4 is 10.4 Å². The quantitative estimate of drug-likeness (QED) is 0.123. The summed E-state index contributed by atoms with van der Waals surface area (Å²) in [6, 6.07) is 38.7. The van der Waals surface area contributed by atoms with Crippen LogP contribution in [0.5, 0.6) is 0 Å². The van der Waals surface area contributed by atoms with Gasteiger partial charge in [-0.25, -0.2) is 12.7 Å². The highest BCUT2D eigenvalue weighted by molar-refractivity contribution is 7.89. The number of hydrogen-bond donors (Lipinski definition) is 1. The Morgan fingerprint density at radius 3 is 2.00 bits per heavy atom. The number of aromatic amines is 1. The summed E-state index contributed by atoms with van der Waals surface area (Å²) < 4.78 is 35.9. The molecular weight excluding hydrogens is 569 g/mol. The third kappa shape index (κ3) is 6.32. The van der Waals surface area contributed by atoms with Crippen LogP contribution in [0.25, 0.3) is 10.9 Å². The number of H-pyrrole nitrogens is 1. The van der Waals surface area contributed by atoms with Crippen molar-refractivity contribution in [2.45, 2.75) is 44.0 Å². The number of aromatic nitrogens is 1. The number of nitrogens with zero attached hydrogens (tertiary/aromatic N) is 1. The van der Waals surface area contributed by atoms with E-state index < -0.39 is 18.3 Å². The van der Waals surface area contributed by atoms with Gasteiger partial charge in [-0.3, -0.25) is 0 Å². The van der Waals surface area contributed by atoms with E-state index >= 15 is 0 Å². The smallest absolute Gasteiger partial charge is 0.270 e. The third-order valence-corrected chi connectivity index (χ3v) is 14.6. The second-order valence-corrected chi connectivity index (χ2v) is 17.9.